The molecule has 3 nitrogen and oxygen atoms in total. The van der Waals surface area contributed by atoms with Crippen LogP contribution in [0.1, 0.15) is 12.8 Å². The lowest BCUT2D eigenvalue weighted by Crippen LogP contribution is -2.33. The lowest BCUT2D eigenvalue weighted by molar-refractivity contribution is -0.120. The van der Waals surface area contributed by atoms with E-state index in [0.717, 1.165) is 5.71 Å². The summed E-state index contributed by atoms with van der Waals surface area (Å²) in [7, 11) is 0. The van der Waals surface area contributed by atoms with Crippen LogP contribution in [0.2, 0.25) is 0 Å². The summed E-state index contributed by atoms with van der Waals surface area (Å²) in [5.41, 5.74) is 1.05. The van der Waals surface area contributed by atoms with Gasteiger partial charge in [0, 0.05) is 18.7 Å². The van der Waals surface area contributed by atoms with E-state index in [1.807, 2.05) is 0 Å². The predicted molar refractivity (Wildman–Crippen MR) is 55.7 cm³/mol. The highest BCUT2D eigenvalue weighted by atomic mass is 19.1. The number of aliphatic imine (C=N–C) groups is 1. The molecule has 0 spiro atoms. The molecular formula is C11H11FN2O. The Kier molecular flexibility index (Phi) is 2.76. The number of hydrogen-bond acceptors (Lipinski definition) is 2. The number of carbonyl (C=O) groups excluding carboxylic acids is 1. The molecule has 1 aliphatic heterocycles. The molecule has 0 aromatic heterocycles. The van der Waals surface area contributed by atoms with Gasteiger partial charge >= 0.3 is 0 Å². The smallest absolute Gasteiger partial charge is 0.225 e. The molecule has 1 amide bonds. The fourth-order valence-corrected chi connectivity index (χ4v) is 1.49. The van der Waals surface area contributed by atoms with Crippen LogP contribution in [0.5, 0.6) is 0 Å². The molecule has 0 atom stereocenters. The molecule has 1 aromatic rings. The van der Waals surface area contributed by atoms with Crippen LogP contribution in [-0.2, 0) is 4.79 Å². The van der Waals surface area contributed by atoms with Gasteiger partial charge < -0.3 is 5.32 Å². The number of carbonyl (C=O) groups is 1. The van der Waals surface area contributed by atoms with Crippen molar-refractivity contribution in [1.29, 1.82) is 0 Å². The van der Waals surface area contributed by atoms with Crippen molar-refractivity contribution in [1.82, 2.24) is 5.32 Å². The average Bonchev–Trinajstić information content (AvgIpc) is 2.22. The van der Waals surface area contributed by atoms with Crippen LogP contribution in [-0.4, -0.2) is 18.2 Å². The summed E-state index contributed by atoms with van der Waals surface area (Å²) in [4.78, 5) is 15.2. The van der Waals surface area contributed by atoms with Crippen LogP contribution >= 0.6 is 0 Å². The third kappa shape index (κ3) is 2.40. The van der Waals surface area contributed by atoms with Gasteiger partial charge in [0.05, 0.1) is 12.1 Å². The Balaban J connectivity index is 2.22. The van der Waals surface area contributed by atoms with Gasteiger partial charge in [-0.3, -0.25) is 9.79 Å². The predicted octanol–water partition coefficient (Wildman–Crippen LogP) is 1.81. The van der Waals surface area contributed by atoms with Crippen LogP contribution in [0.25, 0.3) is 0 Å². The zero-order chi connectivity index (χ0) is 10.7. The SMILES string of the molecule is O=C1CC(=Nc2ccccc2F)CCN1. The summed E-state index contributed by atoms with van der Waals surface area (Å²) in [6.07, 6.45) is 0.967. The fourth-order valence-electron chi connectivity index (χ4n) is 1.49. The van der Waals surface area contributed by atoms with Crippen molar-refractivity contribution in [2.75, 3.05) is 6.54 Å². The molecule has 1 N–H and O–H groups in total. The summed E-state index contributed by atoms with van der Waals surface area (Å²) < 4.78 is 13.2. The van der Waals surface area contributed by atoms with E-state index in [1.54, 1.807) is 18.2 Å². The van der Waals surface area contributed by atoms with E-state index >= 15 is 0 Å². The average molecular weight is 206 g/mol. The molecule has 0 saturated carbocycles. The maximum absolute atomic E-state index is 13.2. The molecule has 1 fully saturated rings. The number of hydrogen-bond donors (Lipinski definition) is 1. The van der Waals surface area contributed by atoms with E-state index in [2.05, 4.69) is 10.3 Å². The number of benzene rings is 1. The number of amides is 1. The number of rotatable bonds is 1. The Bertz CT molecular complexity index is 415. The lowest BCUT2D eigenvalue weighted by Gasteiger charge is -2.13. The number of piperidine rings is 1. The maximum Gasteiger partial charge on any atom is 0.225 e. The molecule has 1 aliphatic rings. The molecule has 1 aromatic carbocycles. The normalized spacial score (nSPS) is 19.0. The van der Waals surface area contributed by atoms with Crippen molar-refractivity contribution in [2.45, 2.75) is 12.8 Å². The van der Waals surface area contributed by atoms with Crippen molar-refractivity contribution in [3.05, 3.63) is 30.1 Å². The van der Waals surface area contributed by atoms with Crippen molar-refractivity contribution in [3.8, 4) is 0 Å². The second kappa shape index (κ2) is 4.21. The first kappa shape index (κ1) is 9.83. The van der Waals surface area contributed by atoms with E-state index in [4.69, 9.17) is 0 Å². The molecule has 2 rings (SSSR count). The largest absolute Gasteiger partial charge is 0.355 e. The second-order valence-corrected chi connectivity index (χ2v) is 3.41. The first-order valence-electron chi connectivity index (χ1n) is 4.83. The van der Waals surface area contributed by atoms with Gasteiger partial charge in [0.2, 0.25) is 5.91 Å². The zero-order valence-corrected chi connectivity index (χ0v) is 8.16. The first-order chi connectivity index (χ1) is 7.25. The quantitative estimate of drug-likeness (QED) is 0.748. The van der Waals surface area contributed by atoms with Crippen LogP contribution in [0.15, 0.2) is 29.3 Å². The topological polar surface area (TPSA) is 41.5 Å². The molecule has 1 saturated heterocycles. The third-order valence-electron chi connectivity index (χ3n) is 2.23. The summed E-state index contributed by atoms with van der Waals surface area (Å²) in [5.74, 6) is -0.396. The highest BCUT2D eigenvalue weighted by Crippen LogP contribution is 2.18. The second-order valence-electron chi connectivity index (χ2n) is 3.41. The van der Waals surface area contributed by atoms with Crippen LogP contribution in [0, 0.1) is 5.82 Å². The van der Waals surface area contributed by atoms with E-state index in [1.165, 1.54) is 6.07 Å². The Morgan fingerprint density at radius 2 is 2.13 bits per heavy atom. The lowest BCUT2D eigenvalue weighted by atomic mass is 10.1. The summed E-state index contributed by atoms with van der Waals surface area (Å²) in [5, 5.41) is 2.70. The molecule has 0 unspecified atom stereocenters. The number of nitrogens with zero attached hydrogens (tertiary/aromatic N) is 1. The Labute approximate surface area is 87.0 Å². The van der Waals surface area contributed by atoms with Gasteiger partial charge in [-0.05, 0) is 12.1 Å². The first-order valence-corrected chi connectivity index (χ1v) is 4.83. The van der Waals surface area contributed by atoms with Crippen LogP contribution in [0.3, 0.4) is 0 Å². The van der Waals surface area contributed by atoms with E-state index in [0.29, 0.717) is 18.7 Å². The van der Waals surface area contributed by atoms with Crippen LogP contribution < -0.4 is 5.32 Å². The molecular weight excluding hydrogens is 195 g/mol. The van der Waals surface area contributed by atoms with Gasteiger partial charge in [-0.15, -0.1) is 0 Å². The highest BCUT2D eigenvalue weighted by Gasteiger charge is 2.13. The Hall–Kier alpha value is -1.71. The maximum atomic E-state index is 13.2. The molecule has 78 valence electrons. The van der Waals surface area contributed by atoms with Gasteiger partial charge in [-0.1, -0.05) is 12.1 Å². The van der Waals surface area contributed by atoms with Gasteiger partial charge in [-0.2, -0.15) is 0 Å². The van der Waals surface area contributed by atoms with Crippen molar-refractivity contribution in [2.24, 2.45) is 4.99 Å². The summed E-state index contributed by atoms with van der Waals surface area (Å²) in [6, 6.07) is 6.31. The Morgan fingerprint density at radius 1 is 1.33 bits per heavy atom. The van der Waals surface area contributed by atoms with Crippen molar-refractivity contribution >= 4 is 17.3 Å². The standard InChI is InChI=1S/C11H11FN2O/c12-9-3-1-2-4-10(9)14-8-5-6-13-11(15)7-8/h1-4H,5-7H2,(H,13,15). The number of para-hydroxylation sites is 1. The molecule has 15 heavy (non-hydrogen) atoms. The third-order valence-corrected chi connectivity index (χ3v) is 2.23. The van der Waals surface area contributed by atoms with Gasteiger partial charge in [0.15, 0.2) is 0 Å². The van der Waals surface area contributed by atoms with E-state index < -0.39 is 0 Å². The molecule has 0 aliphatic carbocycles. The van der Waals surface area contributed by atoms with E-state index in [-0.39, 0.29) is 18.1 Å². The van der Waals surface area contributed by atoms with Gasteiger partial charge in [-0.25, -0.2) is 4.39 Å². The van der Waals surface area contributed by atoms with Gasteiger partial charge in [0.25, 0.3) is 0 Å². The van der Waals surface area contributed by atoms with Crippen molar-refractivity contribution < 1.29 is 9.18 Å². The van der Waals surface area contributed by atoms with E-state index in [9.17, 15) is 9.18 Å². The molecule has 0 bridgehead atoms. The number of nitrogens with one attached hydrogen (secondary N) is 1. The monoisotopic (exact) mass is 206 g/mol. The number of halogens is 1. The summed E-state index contributed by atoms with van der Waals surface area (Å²) >= 11 is 0. The van der Waals surface area contributed by atoms with Crippen LogP contribution in [0.4, 0.5) is 10.1 Å². The molecule has 4 heteroatoms. The minimum Gasteiger partial charge on any atom is -0.355 e. The van der Waals surface area contributed by atoms with Gasteiger partial charge in [0.1, 0.15) is 5.82 Å². The zero-order valence-electron chi connectivity index (χ0n) is 8.16. The minimum atomic E-state index is -0.351. The summed E-state index contributed by atoms with van der Waals surface area (Å²) in [6.45, 7) is 0.589. The fraction of sp³-hybridized carbons (Fsp3) is 0.273. The molecule has 1 heterocycles. The highest BCUT2D eigenvalue weighted by molar-refractivity contribution is 6.04. The molecule has 0 radical (unpaired) electrons. The Morgan fingerprint density at radius 3 is 2.87 bits per heavy atom. The van der Waals surface area contributed by atoms with Crippen molar-refractivity contribution in [3.63, 3.8) is 0 Å². The minimum absolute atomic E-state index is 0.0451.